The van der Waals surface area contributed by atoms with Crippen molar-refractivity contribution in [3.63, 3.8) is 0 Å². The van der Waals surface area contributed by atoms with Gasteiger partial charge in [0.2, 0.25) is 0 Å². The molecule has 1 aromatic rings. The van der Waals surface area contributed by atoms with Gasteiger partial charge in [0.05, 0.1) is 16.8 Å². The lowest BCUT2D eigenvalue weighted by molar-refractivity contribution is 0.163. The topological polar surface area (TPSA) is 61.4 Å². The van der Waals surface area contributed by atoms with Gasteiger partial charge in [-0.15, -0.1) is 0 Å². The molecule has 0 aromatic heterocycles. The normalized spacial score (nSPS) is 13.7. The molecule has 0 radical (unpaired) electrons. The van der Waals surface area contributed by atoms with E-state index in [0.717, 1.165) is 5.56 Å². The Bertz CT molecular complexity index is 435. The average molecular weight is 285 g/mol. The molecule has 0 heterocycles. The number of benzene rings is 1. The largest absolute Gasteiger partial charge is 0.393 e. The summed E-state index contributed by atoms with van der Waals surface area (Å²) < 4.78 is 0. The number of rotatable bonds is 5. The van der Waals surface area contributed by atoms with E-state index in [4.69, 9.17) is 11.6 Å². The first-order valence-electron chi connectivity index (χ1n) is 6.37. The van der Waals surface area contributed by atoms with Crippen molar-refractivity contribution >= 4 is 23.3 Å². The van der Waals surface area contributed by atoms with Crippen molar-refractivity contribution in [2.75, 3.05) is 11.9 Å². The smallest absolute Gasteiger partial charge is 0.319 e. The predicted octanol–water partition coefficient (Wildman–Crippen LogP) is 3.18. The van der Waals surface area contributed by atoms with E-state index >= 15 is 0 Å². The SMILES string of the molecule is Cc1ccc(NC(=O)NCC(C)CC(C)O)c(Cl)c1. The van der Waals surface area contributed by atoms with Crippen LogP contribution in [0.3, 0.4) is 0 Å². The molecule has 0 saturated carbocycles. The number of aliphatic hydroxyl groups is 1. The van der Waals surface area contributed by atoms with Gasteiger partial charge in [0.15, 0.2) is 0 Å². The van der Waals surface area contributed by atoms with Gasteiger partial charge in [-0.1, -0.05) is 24.6 Å². The van der Waals surface area contributed by atoms with E-state index in [1.165, 1.54) is 0 Å². The Morgan fingerprint density at radius 1 is 1.42 bits per heavy atom. The van der Waals surface area contributed by atoms with Crippen LogP contribution in [0.5, 0.6) is 0 Å². The molecule has 2 atom stereocenters. The molecule has 0 aliphatic rings. The second-order valence-corrected chi connectivity index (χ2v) is 5.42. The van der Waals surface area contributed by atoms with E-state index in [1.54, 1.807) is 19.1 Å². The van der Waals surface area contributed by atoms with Gasteiger partial charge in [-0.25, -0.2) is 4.79 Å². The summed E-state index contributed by atoms with van der Waals surface area (Å²) in [6.07, 6.45) is 0.303. The minimum atomic E-state index is -0.355. The van der Waals surface area contributed by atoms with Crippen molar-refractivity contribution in [1.29, 1.82) is 0 Å². The van der Waals surface area contributed by atoms with Crippen LogP contribution in [-0.2, 0) is 0 Å². The number of urea groups is 1. The number of nitrogens with one attached hydrogen (secondary N) is 2. The first-order valence-corrected chi connectivity index (χ1v) is 6.75. The molecule has 1 aromatic carbocycles. The Morgan fingerprint density at radius 2 is 2.11 bits per heavy atom. The highest BCUT2D eigenvalue weighted by atomic mass is 35.5. The number of hydrogen-bond acceptors (Lipinski definition) is 2. The minimum absolute atomic E-state index is 0.222. The number of halogens is 1. The highest BCUT2D eigenvalue weighted by Gasteiger charge is 2.09. The van der Waals surface area contributed by atoms with Crippen LogP contribution in [0.15, 0.2) is 18.2 Å². The Labute approximate surface area is 119 Å². The van der Waals surface area contributed by atoms with E-state index in [0.29, 0.717) is 23.7 Å². The first-order chi connectivity index (χ1) is 8.88. The summed E-state index contributed by atoms with van der Waals surface area (Å²) in [6, 6.07) is 5.17. The van der Waals surface area contributed by atoms with Crippen molar-refractivity contribution in [3.05, 3.63) is 28.8 Å². The Kier molecular flexibility index (Phi) is 6.12. The molecule has 0 fully saturated rings. The van der Waals surface area contributed by atoms with Gasteiger partial charge in [0.25, 0.3) is 0 Å². The van der Waals surface area contributed by atoms with E-state index in [2.05, 4.69) is 10.6 Å². The Balaban J connectivity index is 2.43. The van der Waals surface area contributed by atoms with E-state index < -0.39 is 0 Å². The van der Waals surface area contributed by atoms with Gasteiger partial charge in [-0.2, -0.15) is 0 Å². The molecule has 0 aliphatic carbocycles. The second kappa shape index (κ2) is 7.36. The third-order valence-electron chi connectivity index (χ3n) is 2.73. The van der Waals surface area contributed by atoms with Crippen LogP contribution in [-0.4, -0.2) is 23.8 Å². The predicted molar refractivity (Wildman–Crippen MR) is 78.7 cm³/mol. The van der Waals surface area contributed by atoms with Gasteiger partial charge in [0, 0.05) is 6.54 Å². The van der Waals surface area contributed by atoms with Crippen molar-refractivity contribution in [2.24, 2.45) is 5.92 Å². The summed E-state index contributed by atoms with van der Waals surface area (Å²) in [5.41, 5.74) is 1.63. The highest BCUT2D eigenvalue weighted by molar-refractivity contribution is 6.33. The number of carbonyl (C=O) groups excluding carboxylic acids is 1. The molecule has 2 unspecified atom stereocenters. The van der Waals surface area contributed by atoms with Gasteiger partial charge >= 0.3 is 6.03 Å². The third-order valence-corrected chi connectivity index (χ3v) is 3.04. The molecular formula is C14H21ClN2O2. The molecule has 106 valence electrons. The first kappa shape index (κ1) is 15.8. The molecule has 5 heteroatoms. The number of anilines is 1. The molecule has 3 N–H and O–H groups in total. The zero-order valence-corrected chi connectivity index (χ0v) is 12.3. The lowest BCUT2D eigenvalue weighted by Crippen LogP contribution is -2.33. The average Bonchev–Trinajstić information content (AvgIpc) is 2.29. The summed E-state index contributed by atoms with van der Waals surface area (Å²) in [4.78, 5) is 11.7. The fraction of sp³-hybridized carbons (Fsp3) is 0.500. The Morgan fingerprint density at radius 3 is 2.68 bits per heavy atom. The summed E-state index contributed by atoms with van der Waals surface area (Å²) in [5.74, 6) is 0.222. The van der Waals surface area contributed by atoms with Crippen molar-refractivity contribution in [1.82, 2.24) is 5.32 Å². The van der Waals surface area contributed by atoms with Gasteiger partial charge in [0.1, 0.15) is 0 Å². The Hall–Kier alpha value is -1.26. The molecule has 2 amide bonds. The van der Waals surface area contributed by atoms with Crippen LogP contribution < -0.4 is 10.6 Å². The van der Waals surface area contributed by atoms with E-state index in [1.807, 2.05) is 19.9 Å². The number of hydrogen-bond donors (Lipinski definition) is 3. The van der Waals surface area contributed by atoms with Crippen LogP contribution in [0.25, 0.3) is 0 Å². The quantitative estimate of drug-likeness (QED) is 0.778. The van der Waals surface area contributed by atoms with Gasteiger partial charge in [-0.3, -0.25) is 0 Å². The fourth-order valence-corrected chi connectivity index (χ4v) is 2.10. The van der Waals surface area contributed by atoms with Crippen LogP contribution in [0, 0.1) is 12.8 Å². The molecule has 0 bridgehead atoms. The monoisotopic (exact) mass is 284 g/mol. The maximum atomic E-state index is 11.7. The summed E-state index contributed by atoms with van der Waals surface area (Å²) >= 11 is 6.03. The maximum Gasteiger partial charge on any atom is 0.319 e. The molecule has 0 aliphatic heterocycles. The molecule has 0 spiro atoms. The lowest BCUT2D eigenvalue weighted by Gasteiger charge is -2.15. The van der Waals surface area contributed by atoms with Gasteiger partial charge in [-0.05, 0) is 43.9 Å². The molecule has 19 heavy (non-hydrogen) atoms. The molecule has 1 rings (SSSR count). The standard InChI is InChI=1S/C14H21ClN2O2/c1-9-4-5-13(12(15)7-9)17-14(19)16-8-10(2)6-11(3)18/h4-5,7,10-11,18H,6,8H2,1-3H3,(H2,16,17,19). The summed E-state index contributed by atoms with van der Waals surface area (Å²) in [5, 5.41) is 15.2. The lowest BCUT2D eigenvalue weighted by atomic mass is 10.1. The number of amides is 2. The van der Waals surface area contributed by atoms with Crippen LogP contribution in [0.4, 0.5) is 10.5 Å². The molecular weight excluding hydrogens is 264 g/mol. The second-order valence-electron chi connectivity index (χ2n) is 5.01. The van der Waals surface area contributed by atoms with Crippen molar-refractivity contribution in [2.45, 2.75) is 33.3 Å². The number of aliphatic hydroxyl groups excluding tert-OH is 1. The molecule has 0 saturated heterocycles. The summed E-state index contributed by atoms with van der Waals surface area (Å²) in [6.45, 7) is 6.17. The highest BCUT2D eigenvalue weighted by Crippen LogP contribution is 2.22. The third kappa shape index (κ3) is 5.94. The van der Waals surface area contributed by atoms with E-state index in [9.17, 15) is 9.90 Å². The van der Waals surface area contributed by atoms with Gasteiger partial charge < -0.3 is 15.7 Å². The van der Waals surface area contributed by atoms with E-state index in [-0.39, 0.29) is 18.1 Å². The van der Waals surface area contributed by atoms with Crippen LogP contribution >= 0.6 is 11.6 Å². The van der Waals surface area contributed by atoms with Crippen LogP contribution in [0.1, 0.15) is 25.8 Å². The number of aryl methyl sites for hydroxylation is 1. The zero-order valence-electron chi connectivity index (χ0n) is 11.5. The van der Waals surface area contributed by atoms with Crippen molar-refractivity contribution in [3.8, 4) is 0 Å². The minimum Gasteiger partial charge on any atom is -0.393 e. The van der Waals surface area contributed by atoms with Crippen molar-refractivity contribution < 1.29 is 9.90 Å². The molecule has 4 nitrogen and oxygen atoms in total. The number of carbonyl (C=O) groups is 1. The maximum absolute atomic E-state index is 11.7. The zero-order chi connectivity index (χ0) is 14.4. The summed E-state index contributed by atoms with van der Waals surface area (Å²) in [7, 11) is 0. The fourth-order valence-electron chi connectivity index (χ4n) is 1.82. The van der Waals surface area contributed by atoms with Crippen LogP contribution in [0.2, 0.25) is 5.02 Å².